The lowest BCUT2D eigenvalue weighted by Crippen LogP contribution is -1.89. The molecule has 1 heterocycles. The van der Waals surface area contributed by atoms with Crippen LogP contribution in [0.5, 0.6) is 0 Å². The lowest BCUT2D eigenvalue weighted by atomic mass is 10.9. The molecule has 1 aliphatic heterocycles. The highest BCUT2D eigenvalue weighted by Gasteiger charge is 2.28. The summed E-state index contributed by atoms with van der Waals surface area (Å²) in [4.78, 5) is 0. The Morgan fingerprint density at radius 3 is 2.00 bits per heavy atom. The number of hydroxylamine groups is 2. The molecule has 2 atom stereocenters. The van der Waals surface area contributed by atoms with Crippen LogP contribution in [-0.2, 0) is 0 Å². The summed E-state index contributed by atoms with van der Waals surface area (Å²) in [7, 11) is 0. The van der Waals surface area contributed by atoms with Crippen molar-refractivity contribution in [3.8, 4) is 0 Å². The molecular weight excluding hydrogens is 70.0 g/mol. The molecule has 1 aliphatic rings. The van der Waals surface area contributed by atoms with Crippen molar-refractivity contribution >= 4 is 0 Å². The first-order valence-electron chi connectivity index (χ1n) is 1.44. The average molecular weight is 75.1 g/mol. The second-order valence-corrected chi connectivity index (χ2v) is 1.10. The van der Waals surface area contributed by atoms with Crippen molar-refractivity contribution in [3.63, 3.8) is 0 Å². The monoisotopic (exact) mass is 75.0 g/mol. The summed E-state index contributed by atoms with van der Waals surface area (Å²) in [6.45, 7) is 0.417. The quantitative estimate of drug-likeness (QED) is 0.363. The van der Waals surface area contributed by atoms with Crippen LogP contribution in [0.3, 0.4) is 0 Å². The largest absolute Gasteiger partial charge is 0.375 e. The van der Waals surface area contributed by atoms with Gasteiger partial charge in [-0.25, -0.2) is 0 Å². The summed E-state index contributed by atoms with van der Waals surface area (Å²) in [5.74, 6) is 0. The predicted octanol–water partition coefficient (Wildman–Crippen LogP) is -0.990. The number of rotatable bonds is 0. The van der Waals surface area contributed by atoms with Crippen LogP contribution < -0.4 is 0 Å². The Morgan fingerprint density at radius 2 is 2.00 bits per heavy atom. The molecule has 5 heavy (non-hydrogen) atoms. The number of aliphatic hydroxyl groups is 1. The van der Waals surface area contributed by atoms with Gasteiger partial charge in [0.2, 0.25) is 0 Å². The van der Waals surface area contributed by atoms with Gasteiger partial charge in [-0.15, -0.1) is 0 Å². The number of hydrogen-bond acceptors (Lipinski definition) is 3. The van der Waals surface area contributed by atoms with Crippen molar-refractivity contribution in [1.82, 2.24) is 5.06 Å². The summed E-state index contributed by atoms with van der Waals surface area (Å²) < 4.78 is 0. The Kier molecular flexibility index (Phi) is 0.419. The van der Waals surface area contributed by atoms with E-state index in [0.29, 0.717) is 6.54 Å². The van der Waals surface area contributed by atoms with Gasteiger partial charge in [0.05, 0.1) is 6.54 Å². The van der Waals surface area contributed by atoms with Gasteiger partial charge in [-0.1, -0.05) is 0 Å². The zero-order chi connectivity index (χ0) is 3.86. The molecule has 0 aromatic carbocycles. The van der Waals surface area contributed by atoms with Crippen molar-refractivity contribution in [1.29, 1.82) is 0 Å². The lowest BCUT2D eigenvalue weighted by Gasteiger charge is -1.74. The van der Waals surface area contributed by atoms with Crippen molar-refractivity contribution in [2.75, 3.05) is 6.54 Å². The Labute approximate surface area is 29.4 Å². The summed E-state index contributed by atoms with van der Waals surface area (Å²) in [5.41, 5.74) is 0. The molecule has 3 nitrogen and oxygen atoms in total. The van der Waals surface area contributed by atoms with Gasteiger partial charge in [-0.3, -0.25) is 0 Å². The number of aliphatic hydroxyl groups excluding tert-OH is 1. The molecule has 0 aliphatic carbocycles. The molecule has 2 N–H and O–H groups in total. The minimum atomic E-state index is -0.560. The van der Waals surface area contributed by atoms with Crippen LogP contribution >= 0.6 is 0 Å². The maximum Gasteiger partial charge on any atom is 0.144 e. The average Bonchev–Trinajstić information content (AvgIpc) is 1.79. The maximum atomic E-state index is 8.11. The van der Waals surface area contributed by atoms with E-state index in [4.69, 9.17) is 10.3 Å². The molecule has 1 rings (SSSR count). The van der Waals surface area contributed by atoms with E-state index in [0.717, 1.165) is 5.06 Å². The van der Waals surface area contributed by atoms with Crippen LogP contribution in [0.1, 0.15) is 0 Å². The third kappa shape index (κ3) is 0.397. The van der Waals surface area contributed by atoms with Gasteiger partial charge in [0.15, 0.2) is 0 Å². The lowest BCUT2D eigenvalue weighted by molar-refractivity contribution is -0.0280. The number of hydrogen-bond donors (Lipinski definition) is 2. The molecule has 0 amide bonds. The smallest absolute Gasteiger partial charge is 0.144 e. The Morgan fingerprint density at radius 1 is 1.80 bits per heavy atom. The van der Waals surface area contributed by atoms with Crippen molar-refractivity contribution < 1.29 is 10.3 Å². The molecule has 30 valence electrons. The van der Waals surface area contributed by atoms with Crippen LogP contribution in [0.25, 0.3) is 0 Å². The zero-order valence-electron chi connectivity index (χ0n) is 2.63. The summed E-state index contributed by atoms with van der Waals surface area (Å²) in [6.07, 6.45) is -0.560. The fourth-order valence-electron chi connectivity index (χ4n) is 0.120. The van der Waals surface area contributed by atoms with Gasteiger partial charge in [-0.05, 0) is 0 Å². The van der Waals surface area contributed by atoms with E-state index in [1.165, 1.54) is 0 Å². The van der Waals surface area contributed by atoms with Gasteiger partial charge < -0.3 is 10.3 Å². The third-order valence-electron chi connectivity index (χ3n) is 0.561. The molecule has 0 aromatic rings. The minimum Gasteiger partial charge on any atom is -0.375 e. The van der Waals surface area contributed by atoms with Gasteiger partial charge in [0, 0.05) is 0 Å². The highest BCUT2D eigenvalue weighted by Crippen LogP contribution is 2.05. The Bertz CT molecular complexity index is 40.9. The fourth-order valence-corrected chi connectivity index (χ4v) is 0.120. The van der Waals surface area contributed by atoms with Gasteiger partial charge in [0.25, 0.3) is 0 Å². The van der Waals surface area contributed by atoms with E-state index in [1.54, 1.807) is 0 Å². The van der Waals surface area contributed by atoms with Crippen LogP contribution in [-0.4, -0.2) is 28.1 Å². The predicted molar refractivity (Wildman–Crippen MR) is 14.5 cm³/mol. The van der Waals surface area contributed by atoms with E-state index in [1.807, 2.05) is 0 Å². The van der Waals surface area contributed by atoms with E-state index in [2.05, 4.69) is 0 Å². The summed E-state index contributed by atoms with van der Waals surface area (Å²) >= 11 is 0. The zero-order valence-corrected chi connectivity index (χ0v) is 2.63. The number of nitrogens with zero attached hydrogens (tertiary/aromatic N) is 1. The topological polar surface area (TPSA) is 43.5 Å². The fraction of sp³-hybridized carbons (Fsp3) is 1.00. The van der Waals surface area contributed by atoms with Gasteiger partial charge in [0.1, 0.15) is 6.23 Å². The molecule has 0 aromatic heterocycles. The standard InChI is InChI=1S/C2H5NO2/c4-2-1-3(2)5/h2,4-5H,1H2/t2?,3-/m0/s1. The van der Waals surface area contributed by atoms with E-state index in [9.17, 15) is 0 Å². The second kappa shape index (κ2) is 0.680. The minimum absolute atomic E-state index is 0.417. The Hall–Kier alpha value is -0.120. The van der Waals surface area contributed by atoms with Crippen LogP contribution in [0, 0.1) is 0 Å². The molecule has 0 radical (unpaired) electrons. The van der Waals surface area contributed by atoms with E-state index >= 15 is 0 Å². The molecular formula is C2H5NO2. The Balaban J connectivity index is 2.20. The highest BCUT2D eigenvalue weighted by atomic mass is 16.6. The highest BCUT2D eigenvalue weighted by molar-refractivity contribution is 4.66. The molecule has 1 unspecified atom stereocenters. The first kappa shape index (κ1) is 3.08. The normalized spacial score (nSPS) is 49.2. The van der Waals surface area contributed by atoms with Gasteiger partial charge >= 0.3 is 0 Å². The third-order valence-corrected chi connectivity index (χ3v) is 0.561. The summed E-state index contributed by atoms with van der Waals surface area (Å²) in [5, 5.41) is 17.0. The van der Waals surface area contributed by atoms with Crippen LogP contribution in [0.2, 0.25) is 0 Å². The van der Waals surface area contributed by atoms with Crippen LogP contribution in [0.4, 0.5) is 0 Å². The number of β-amino-alcohol motifs (C(OH)–C–C–N with tert-alkyl or cyclic N) is 1. The summed E-state index contributed by atoms with van der Waals surface area (Å²) in [6, 6.07) is 0. The van der Waals surface area contributed by atoms with Crippen LogP contribution in [0.15, 0.2) is 0 Å². The molecule has 1 fully saturated rings. The van der Waals surface area contributed by atoms with Gasteiger partial charge in [-0.2, -0.15) is 5.06 Å². The van der Waals surface area contributed by atoms with E-state index in [-0.39, 0.29) is 0 Å². The molecule has 0 bridgehead atoms. The SMILES string of the molecule is OC1C[N@]1O. The maximum absolute atomic E-state index is 8.11. The first-order valence-corrected chi connectivity index (χ1v) is 1.44. The molecule has 0 saturated carbocycles. The van der Waals surface area contributed by atoms with Crippen molar-refractivity contribution in [2.24, 2.45) is 0 Å². The molecule has 1 saturated heterocycles. The van der Waals surface area contributed by atoms with Crippen molar-refractivity contribution in [3.05, 3.63) is 0 Å². The van der Waals surface area contributed by atoms with Crippen molar-refractivity contribution in [2.45, 2.75) is 6.23 Å². The molecule has 0 spiro atoms. The first-order chi connectivity index (χ1) is 2.30. The molecule has 3 heteroatoms. The second-order valence-electron chi connectivity index (χ2n) is 1.10. The van der Waals surface area contributed by atoms with E-state index < -0.39 is 6.23 Å².